The lowest BCUT2D eigenvalue weighted by molar-refractivity contribution is -0.112. The quantitative estimate of drug-likeness (QED) is 0.277. The topological polar surface area (TPSA) is 115 Å². The number of nitrogens with one attached hydrogen (secondary N) is 1. The van der Waals surface area contributed by atoms with Gasteiger partial charge in [-0.05, 0) is 68.0 Å². The average Bonchev–Trinajstić information content (AvgIpc) is 2.91. The van der Waals surface area contributed by atoms with Crippen LogP contribution in [0.15, 0.2) is 77.2 Å². The van der Waals surface area contributed by atoms with E-state index in [1.165, 1.54) is 17.6 Å². The molecule has 0 aliphatic rings. The second-order valence-corrected chi connectivity index (χ2v) is 7.85. The van der Waals surface area contributed by atoms with Gasteiger partial charge >= 0.3 is 0 Å². The van der Waals surface area contributed by atoms with Crippen molar-refractivity contribution in [2.75, 3.05) is 19.0 Å². The van der Waals surface area contributed by atoms with Crippen LogP contribution >= 0.6 is 0 Å². The highest BCUT2D eigenvalue weighted by atomic mass is 16.5. The zero-order chi connectivity index (χ0) is 26.4. The van der Waals surface area contributed by atoms with Crippen LogP contribution in [0.5, 0.6) is 23.1 Å². The summed E-state index contributed by atoms with van der Waals surface area (Å²) < 4.78 is 18.1. The number of methoxy groups -OCH3 is 1. The number of benzene rings is 2. The van der Waals surface area contributed by atoms with Crippen LogP contribution < -0.4 is 25.1 Å². The van der Waals surface area contributed by atoms with Gasteiger partial charge < -0.3 is 19.5 Å². The van der Waals surface area contributed by atoms with E-state index < -0.39 is 11.5 Å². The highest BCUT2D eigenvalue weighted by Crippen LogP contribution is 2.32. The number of nitrogens with zero attached hydrogens (tertiary/aromatic N) is 3. The van der Waals surface area contributed by atoms with Crippen LogP contribution in [0, 0.1) is 18.3 Å². The maximum atomic E-state index is 13.5. The molecule has 186 valence electrons. The summed E-state index contributed by atoms with van der Waals surface area (Å²) in [4.78, 5) is 31.0. The second-order valence-electron chi connectivity index (χ2n) is 7.85. The first-order valence-electron chi connectivity index (χ1n) is 11.4. The molecule has 0 unspecified atom stereocenters. The number of ether oxygens (including phenoxy) is 3. The fourth-order valence-corrected chi connectivity index (χ4v) is 3.59. The summed E-state index contributed by atoms with van der Waals surface area (Å²) in [6.07, 6.45) is 2.74. The first-order valence-corrected chi connectivity index (χ1v) is 11.4. The van der Waals surface area contributed by atoms with E-state index in [0.29, 0.717) is 35.2 Å². The summed E-state index contributed by atoms with van der Waals surface area (Å²) in [5, 5.41) is 12.4. The number of amides is 1. The average molecular weight is 497 g/mol. The van der Waals surface area contributed by atoms with Crippen LogP contribution in [0.25, 0.3) is 11.7 Å². The third-order valence-corrected chi connectivity index (χ3v) is 5.40. The van der Waals surface area contributed by atoms with E-state index in [2.05, 4.69) is 10.3 Å². The van der Waals surface area contributed by atoms with E-state index in [1.54, 1.807) is 60.8 Å². The molecule has 0 aliphatic carbocycles. The highest BCUT2D eigenvalue weighted by Gasteiger charge is 2.19. The Kier molecular flexibility index (Phi) is 7.50. The molecule has 2 heterocycles. The van der Waals surface area contributed by atoms with Gasteiger partial charge in [0.1, 0.15) is 28.6 Å². The van der Waals surface area contributed by atoms with E-state index >= 15 is 0 Å². The van der Waals surface area contributed by atoms with Crippen molar-refractivity contribution in [1.29, 1.82) is 5.26 Å². The van der Waals surface area contributed by atoms with E-state index in [-0.39, 0.29) is 17.0 Å². The van der Waals surface area contributed by atoms with Crippen molar-refractivity contribution < 1.29 is 19.0 Å². The number of aryl methyl sites for hydroxylation is 1. The number of pyridine rings is 1. The van der Waals surface area contributed by atoms with E-state index in [4.69, 9.17) is 14.2 Å². The molecule has 0 atom stereocenters. The SMILES string of the molecule is CCOc1ccc(NC(=O)C(C#N)=Cc2c(Oc3ccccc3OC)nc3c(C)cccn3c2=O)cc1. The van der Waals surface area contributed by atoms with Crippen molar-refractivity contribution in [2.24, 2.45) is 0 Å². The van der Waals surface area contributed by atoms with E-state index in [9.17, 15) is 14.9 Å². The van der Waals surface area contributed by atoms with Crippen molar-refractivity contribution in [3.05, 3.63) is 93.9 Å². The van der Waals surface area contributed by atoms with E-state index in [0.717, 1.165) is 5.56 Å². The first-order chi connectivity index (χ1) is 17.9. The predicted molar refractivity (Wildman–Crippen MR) is 139 cm³/mol. The van der Waals surface area contributed by atoms with Crippen molar-refractivity contribution in [1.82, 2.24) is 9.38 Å². The number of aromatic nitrogens is 2. The summed E-state index contributed by atoms with van der Waals surface area (Å²) in [5.74, 6) is 0.647. The number of carbonyl (C=O) groups is 1. The molecule has 0 aliphatic heterocycles. The largest absolute Gasteiger partial charge is 0.494 e. The van der Waals surface area contributed by atoms with Crippen molar-refractivity contribution in [3.63, 3.8) is 0 Å². The Balaban J connectivity index is 1.78. The molecule has 9 heteroatoms. The molecule has 1 N–H and O–H groups in total. The second kappa shape index (κ2) is 11.1. The Morgan fingerprint density at radius 3 is 2.51 bits per heavy atom. The predicted octanol–water partition coefficient (Wildman–Crippen LogP) is 4.75. The highest BCUT2D eigenvalue weighted by molar-refractivity contribution is 6.09. The molecular weight excluding hydrogens is 472 g/mol. The van der Waals surface area contributed by atoms with Gasteiger partial charge in [0.05, 0.1) is 13.7 Å². The van der Waals surface area contributed by atoms with Crippen LogP contribution in [0.2, 0.25) is 0 Å². The molecule has 4 rings (SSSR count). The first kappa shape index (κ1) is 25.0. The minimum Gasteiger partial charge on any atom is -0.494 e. The van der Waals surface area contributed by atoms with Crippen LogP contribution in [0.4, 0.5) is 5.69 Å². The third-order valence-electron chi connectivity index (χ3n) is 5.40. The Labute approximate surface area is 213 Å². The van der Waals surface area contributed by atoms with Crippen molar-refractivity contribution in [3.8, 4) is 29.2 Å². The van der Waals surface area contributed by atoms with Crippen LogP contribution in [-0.4, -0.2) is 29.0 Å². The normalized spacial score (nSPS) is 11.0. The minimum absolute atomic E-state index is 0.0626. The fraction of sp³-hybridized carbons (Fsp3) is 0.143. The number of fused-ring (bicyclic) bond motifs is 1. The van der Waals surface area contributed by atoms with E-state index in [1.807, 2.05) is 26.0 Å². The molecule has 4 aromatic rings. The molecule has 0 spiro atoms. The minimum atomic E-state index is -0.691. The molecule has 0 radical (unpaired) electrons. The smallest absolute Gasteiger partial charge is 0.269 e. The molecule has 37 heavy (non-hydrogen) atoms. The van der Waals surface area contributed by atoms with Gasteiger partial charge in [-0.25, -0.2) is 0 Å². The van der Waals surface area contributed by atoms with Crippen LogP contribution in [-0.2, 0) is 4.79 Å². The molecule has 2 aromatic carbocycles. The number of hydrogen-bond acceptors (Lipinski definition) is 7. The monoisotopic (exact) mass is 496 g/mol. The Bertz CT molecular complexity index is 1580. The standard InChI is InChI=1S/C28H24N4O5/c1-4-36-21-13-11-20(12-14-21)30-26(33)19(17-29)16-22-27(37-24-10-6-5-9-23(24)35-3)31-25-18(2)8-7-15-32(25)28(22)34/h5-16H,4H2,1-3H3,(H,30,33). The number of nitriles is 1. The molecule has 1 amide bonds. The van der Waals surface area contributed by atoms with Crippen molar-refractivity contribution >= 4 is 23.3 Å². The number of para-hydroxylation sites is 2. The molecular formula is C28H24N4O5. The summed E-state index contributed by atoms with van der Waals surface area (Å²) >= 11 is 0. The summed E-state index contributed by atoms with van der Waals surface area (Å²) in [6, 6.07) is 19.0. The van der Waals surface area contributed by atoms with Gasteiger partial charge in [-0.3, -0.25) is 14.0 Å². The lowest BCUT2D eigenvalue weighted by Gasteiger charge is -2.13. The molecule has 0 bridgehead atoms. The number of hydrogen-bond donors (Lipinski definition) is 1. The summed E-state index contributed by atoms with van der Waals surface area (Å²) in [5.41, 5.74) is 0.725. The Morgan fingerprint density at radius 1 is 1.11 bits per heavy atom. The van der Waals surface area contributed by atoms with Gasteiger partial charge in [-0.1, -0.05) is 18.2 Å². The zero-order valence-corrected chi connectivity index (χ0v) is 20.5. The van der Waals surface area contributed by atoms with Crippen LogP contribution in [0.1, 0.15) is 18.1 Å². The van der Waals surface area contributed by atoms with Gasteiger partial charge in [0.15, 0.2) is 11.5 Å². The fourth-order valence-electron chi connectivity index (χ4n) is 3.59. The molecule has 9 nitrogen and oxygen atoms in total. The summed E-state index contributed by atoms with van der Waals surface area (Å²) in [7, 11) is 1.49. The number of anilines is 1. The zero-order valence-electron chi connectivity index (χ0n) is 20.5. The number of rotatable bonds is 8. The van der Waals surface area contributed by atoms with Crippen LogP contribution in [0.3, 0.4) is 0 Å². The maximum Gasteiger partial charge on any atom is 0.269 e. The van der Waals surface area contributed by atoms with Gasteiger partial charge in [-0.15, -0.1) is 0 Å². The summed E-state index contributed by atoms with van der Waals surface area (Å²) in [6.45, 7) is 4.20. The van der Waals surface area contributed by atoms with Gasteiger partial charge in [-0.2, -0.15) is 10.2 Å². The molecule has 0 saturated carbocycles. The van der Waals surface area contributed by atoms with Gasteiger partial charge in [0.25, 0.3) is 11.5 Å². The lowest BCUT2D eigenvalue weighted by Crippen LogP contribution is -2.20. The Hall–Kier alpha value is -5.10. The van der Waals surface area contributed by atoms with Gasteiger partial charge in [0, 0.05) is 11.9 Å². The number of carbonyl (C=O) groups excluding carboxylic acids is 1. The van der Waals surface area contributed by atoms with Gasteiger partial charge in [0.2, 0.25) is 5.88 Å². The molecule has 0 saturated heterocycles. The third kappa shape index (κ3) is 5.44. The van der Waals surface area contributed by atoms with Crippen molar-refractivity contribution in [2.45, 2.75) is 13.8 Å². The Morgan fingerprint density at radius 2 is 1.84 bits per heavy atom. The molecule has 0 fully saturated rings. The lowest BCUT2D eigenvalue weighted by atomic mass is 10.1. The maximum absolute atomic E-state index is 13.5. The molecule has 2 aromatic heterocycles.